The van der Waals surface area contributed by atoms with E-state index in [1.165, 1.54) is 0 Å². The van der Waals surface area contributed by atoms with E-state index in [9.17, 15) is 0 Å². The van der Waals surface area contributed by atoms with Crippen LogP contribution in [0.2, 0.25) is 0 Å². The zero-order valence-electron chi connectivity index (χ0n) is 8.72. The zero-order valence-corrected chi connectivity index (χ0v) is 8.72. The minimum absolute atomic E-state index is 0.284. The number of imidazole rings is 1. The van der Waals surface area contributed by atoms with Crippen molar-refractivity contribution in [2.24, 2.45) is 0 Å². The summed E-state index contributed by atoms with van der Waals surface area (Å²) in [6.07, 6.45) is 4.97. The first-order valence-corrected chi connectivity index (χ1v) is 5.11. The maximum absolute atomic E-state index is 9.17. The highest BCUT2D eigenvalue weighted by Crippen LogP contribution is 2.19. The smallest absolute Gasteiger partial charge is 0.115 e. The first-order valence-electron chi connectivity index (χ1n) is 5.11. The molecule has 3 heteroatoms. The van der Waals surface area contributed by atoms with Crippen molar-refractivity contribution in [3.05, 3.63) is 36.8 Å². The van der Waals surface area contributed by atoms with Crippen LogP contribution in [0.15, 0.2) is 36.8 Å². The lowest BCUT2D eigenvalue weighted by Crippen LogP contribution is -1.90. The van der Waals surface area contributed by atoms with Crippen molar-refractivity contribution < 1.29 is 5.11 Å². The van der Waals surface area contributed by atoms with E-state index in [1.807, 2.05) is 24.7 Å². The summed E-state index contributed by atoms with van der Waals surface area (Å²) in [6, 6.07) is 7.09. The number of hydrogen-bond acceptors (Lipinski definition) is 2. The van der Waals surface area contributed by atoms with Gasteiger partial charge in [-0.1, -0.05) is 6.92 Å². The van der Waals surface area contributed by atoms with Gasteiger partial charge in [-0.15, -0.1) is 0 Å². The standard InChI is InChI=1S/C12H14N2O/c1-2-7-14-8-12(13-9-14)10-3-5-11(15)6-4-10/h3-6,8-9,15H,2,7H2,1H3. The Balaban J connectivity index is 2.25. The molecule has 0 fully saturated rings. The van der Waals surface area contributed by atoms with Crippen molar-refractivity contribution in [2.45, 2.75) is 19.9 Å². The van der Waals surface area contributed by atoms with Gasteiger partial charge in [0.15, 0.2) is 0 Å². The minimum atomic E-state index is 0.284. The summed E-state index contributed by atoms with van der Waals surface area (Å²) in [5, 5.41) is 9.17. The molecule has 0 spiro atoms. The van der Waals surface area contributed by atoms with Crippen LogP contribution in [0.25, 0.3) is 11.3 Å². The van der Waals surface area contributed by atoms with Crippen LogP contribution in [0, 0.1) is 0 Å². The normalized spacial score (nSPS) is 10.5. The van der Waals surface area contributed by atoms with Crippen LogP contribution in [0.3, 0.4) is 0 Å². The summed E-state index contributed by atoms with van der Waals surface area (Å²) >= 11 is 0. The number of aryl methyl sites for hydroxylation is 1. The van der Waals surface area contributed by atoms with E-state index >= 15 is 0 Å². The molecule has 3 nitrogen and oxygen atoms in total. The topological polar surface area (TPSA) is 38.0 Å². The van der Waals surface area contributed by atoms with Crippen molar-refractivity contribution in [3.8, 4) is 17.0 Å². The molecule has 0 amide bonds. The van der Waals surface area contributed by atoms with E-state index < -0.39 is 0 Å². The average molecular weight is 202 g/mol. The summed E-state index contributed by atoms with van der Waals surface area (Å²) in [7, 11) is 0. The molecule has 1 heterocycles. The van der Waals surface area contributed by atoms with Gasteiger partial charge in [0.1, 0.15) is 5.75 Å². The van der Waals surface area contributed by atoms with Gasteiger partial charge in [-0.05, 0) is 30.7 Å². The maximum atomic E-state index is 9.17. The Morgan fingerprint density at radius 3 is 2.67 bits per heavy atom. The molecule has 0 unspecified atom stereocenters. The second-order valence-electron chi connectivity index (χ2n) is 3.54. The van der Waals surface area contributed by atoms with Gasteiger partial charge in [0.05, 0.1) is 12.0 Å². The van der Waals surface area contributed by atoms with Crippen molar-refractivity contribution in [1.29, 1.82) is 0 Å². The Morgan fingerprint density at radius 1 is 1.27 bits per heavy atom. The summed E-state index contributed by atoms with van der Waals surface area (Å²) in [4.78, 5) is 4.32. The summed E-state index contributed by atoms with van der Waals surface area (Å²) in [6.45, 7) is 3.13. The molecular weight excluding hydrogens is 188 g/mol. The predicted molar refractivity (Wildman–Crippen MR) is 59.6 cm³/mol. The summed E-state index contributed by atoms with van der Waals surface area (Å²) in [5.41, 5.74) is 1.98. The van der Waals surface area contributed by atoms with Gasteiger partial charge in [0.25, 0.3) is 0 Å². The first-order chi connectivity index (χ1) is 7.29. The molecule has 0 aliphatic heterocycles. The Labute approximate surface area is 89.0 Å². The number of aromatic hydroxyl groups is 1. The van der Waals surface area contributed by atoms with E-state index in [2.05, 4.69) is 16.5 Å². The van der Waals surface area contributed by atoms with Gasteiger partial charge >= 0.3 is 0 Å². The van der Waals surface area contributed by atoms with Crippen LogP contribution in [0.4, 0.5) is 0 Å². The lowest BCUT2D eigenvalue weighted by Gasteiger charge is -1.97. The molecule has 1 aromatic carbocycles. The Kier molecular flexibility index (Phi) is 2.72. The average Bonchev–Trinajstić information content (AvgIpc) is 2.68. The molecular formula is C12H14N2O. The highest BCUT2D eigenvalue weighted by atomic mass is 16.3. The van der Waals surface area contributed by atoms with Crippen LogP contribution < -0.4 is 0 Å². The van der Waals surface area contributed by atoms with E-state index in [1.54, 1.807) is 12.1 Å². The molecule has 0 aliphatic carbocycles. The number of hydrogen-bond donors (Lipinski definition) is 1. The quantitative estimate of drug-likeness (QED) is 0.830. The van der Waals surface area contributed by atoms with Crippen LogP contribution in [0.5, 0.6) is 5.75 Å². The van der Waals surface area contributed by atoms with Crippen molar-refractivity contribution in [3.63, 3.8) is 0 Å². The largest absolute Gasteiger partial charge is 0.508 e. The number of benzene rings is 1. The van der Waals surface area contributed by atoms with Crippen LogP contribution in [0.1, 0.15) is 13.3 Å². The molecule has 0 bridgehead atoms. The van der Waals surface area contributed by atoms with Crippen LogP contribution in [-0.4, -0.2) is 14.7 Å². The van der Waals surface area contributed by atoms with Crippen LogP contribution in [-0.2, 0) is 6.54 Å². The van der Waals surface area contributed by atoms with Gasteiger partial charge in [0, 0.05) is 18.3 Å². The molecule has 0 saturated carbocycles. The van der Waals surface area contributed by atoms with E-state index in [0.29, 0.717) is 0 Å². The fourth-order valence-electron chi connectivity index (χ4n) is 1.52. The molecule has 78 valence electrons. The number of phenolic OH excluding ortho intramolecular Hbond substituents is 1. The third-order valence-electron chi connectivity index (χ3n) is 2.28. The molecule has 2 aromatic rings. The Hall–Kier alpha value is -1.77. The van der Waals surface area contributed by atoms with Crippen molar-refractivity contribution >= 4 is 0 Å². The van der Waals surface area contributed by atoms with Gasteiger partial charge in [0.2, 0.25) is 0 Å². The Morgan fingerprint density at radius 2 is 2.00 bits per heavy atom. The Bertz CT molecular complexity index is 431. The third kappa shape index (κ3) is 2.18. The fourth-order valence-corrected chi connectivity index (χ4v) is 1.52. The highest BCUT2D eigenvalue weighted by Gasteiger charge is 2.01. The highest BCUT2D eigenvalue weighted by molar-refractivity contribution is 5.59. The SMILES string of the molecule is CCCn1cnc(-c2ccc(O)cc2)c1. The molecule has 1 aromatic heterocycles. The molecule has 15 heavy (non-hydrogen) atoms. The summed E-state index contributed by atoms with van der Waals surface area (Å²) in [5.74, 6) is 0.284. The minimum Gasteiger partial charge on any atom is -0.508 e. The summed E-state index contributed by atoms with van der Waals surface area (Å²) < 4.78 is 2.07. The van der Waals surface area contributed by atoms with E-state index in [4.69, 9.17) is 5.11 Å². The van der Waals surface area contributed by atoms with E-state index in [0.717, 1.165) is 24.2 Å². The predicted octanol–water partition coefficient (Wildman–Crippen LogP) is 2.67. The zero-order chi connectivity index (χ0) is 10.7. The second kappa shape index (κ2) is 4.17. The molecule has 0 atom stereocenters. The number of aromatic nitrogens is 2. The third-order valence-corrected chi connectivity index (χ3v) is 2.28. The second-order valence-corrected chi connectivity index (χ2v) is 3.54. The van der Waals surface area contributed by atoms with Gasteiger partial charge in [-0.25, -0.2) is 4.98 Å². The van der Waals surface area contributed by atoms with Crippen molar-refractivity contribution in [2.75, 3.05) is 0 Å². The molecule has 2 rings (SSSR count). The monoisotopic (exact) mass is 202 g/mol. The van der Waals surface area contributed by atoms with Crippen molar-refractivity contribution in [1.82, 2.24) is 9.55 Å². The lowest BCUT2D eigenvalue weighted by molar-refractivity contribution is 0.475. The number of phenols is 1. The maximum Gasteiger partial charge on any atom is 0.115 e. The van der Waals surface area contributed by atoms with E-state index in [-0.39, 0.29) is 5.75 Å². The fraction of sp³-hybridized carbons (Fsp3) is 0.250. The molecule has 0 aliphatic rings. The lowest BCUT2D eigenvalue weighted by atomic mass is 10.2. The number of nitrogens with zero attached hydrogens (tertiary/aromatic N) is 2. The van der Waals surface area contributed by atoms with Crippen LogP contribution >= 0.6 is 0 Å². The van der Waals surface area contributed by atoms with Gasteiger partial charge in [-0.3, -0.25) is 0 Å². The van der Waals surface area contributed by atoms with Gasteiger partial charge < -0.3 is 9.67 Å². The molecule has 1 N–H and O–H groups in total. The number of rotatable bonds is 3. The first kappa shape index (κ1) is 9.77. The molecule has 0 saturated heterocycles. The van der Waals surface area contributed by atoms with Gasteiger partial charge in [-0.2, -0.15) is 0 Å². The molecule has 0 radical (unpaired) electrons.